The fraction of sp³-hybridized carbons (Fsp3) is 0. The van der Waals surface area contributed by atoms with Crippen molar-refractivity contribution in [1.82, 2.24) is 4.98 Å². The molecule has 0 fully saturated rings. The number of fused-ring (bicyclic) bond motifs is 1. The van der Waals surface area contributed by atoms with Crippen LogP contribution < -0.4 is 16.4 Å². The molecule has 1 aromatic carbocycles. The lowest BCUT2D eigenvalue weighted by Crippen LogP contribution is -2.44. The SMILES string of the molecule is NC(=O)N(C(N)=O)c1nccc2ccccc12. The number of amides is 4. The van der Waals surface area contributed by atoms with Crippen LogP contribution in [-0.2, 0) is 0 Å². The van der Waals surface area contributed by atoms with Crippen LogP contribution in [0, 0.1) is 0 Å². The zero-order chi connectivity index (χ0) is 12.4. The van der Waals surface area contributed by atoms with Crippen LogP contribution in [0.4, 0.5) is 15.4 Å². The van der Waals surface area contributed by atoms with E-state index in [1.807, 2.05) is 12.1 Å². The van der Waals surface area contributed by atoms with Gasteiger partial charge in [0, 0.05) is 11.6 Å². The summed E-state index contributed by atoms with van der Waals surface area (Å²) in [6, 6.07) is 7.03. The Balaban J connectivity index is 2.69. The van der Waals surface area contributed by atoms with Crippen molar-refractivity contribution in [3.63, 3.8) is 0 Å². The Hall–Kier alpha value is -2.63. The molecule has 1 heterocycles. The lowest BCUT2D eigenvalue weighted by Gasteiger charge is -2.16. The number of aromatic nitrogens is 1. The molecular weight excluding hydrogens is 220 g/mol. The van der Waals surface area contributed by atoms with E-state index in [-0.39, 0.29) is 5.82 Å². The van der Waals surface area contributed by atoms with E-state index in [9.17, 15) is 9.59 Å². The monoisotopic (exact) mass is 230 g/mol. The molecule has 0 aliphatic heterocycles. The Morgan fingerprint density at radius 3 is 2.35 bits per heavy atom. The van der Waals surface area contributed by atoms with E-state index in [2.05, 4.69) is 4.98 Å². The summed E-state index contributed by atoms with van der Waals surface area (Å²) < 4.78 is 0. The summed E-state index contributed by atoms with van der Waals surface area (Å²) in [6.07, 6.45) is 1.48. The average molecular weight is 230 g/mol. The standard InChI is InChI=1S/C11H10N4O2/c12-10(16)15(11(13)17)9-8-4-2-1-3-7(8)5-6-14-9/h1-6H,(H2,12,16)(H2,13,17). The van der Waals surface area contributed by atoms with Crippen molar-refractivity contribution in [2.75, 3.05) is 4.90 Å². The van der Waals surface area contributed by atoms with Crippen molar-refractivity contribution >= 4 is 28.7 Å². The number of imide groups is 1. The number of primary amides is 2. The molecule has 0 spiro atoms. The number of anilines is 1. The summed E-state index contributed by atoms with van der Waals surface area (Å²) in [4.78, 5) is 27.0. The number of rotatable bonds is 1. The van der Waals surface area contributed by atoms with Crippen molar-refractivity contribution in [3.8, 4) is 0 Å². The molecule has 6 nitrogen and oxygen atoms in total. The summed E-state index contributed by atoms with van der Waals surface area (Å²) in [5.41, 5.74) is 10.2. The van der Waals surface area contributed by atoms with E-state index < -0.39 is 12.1 Å². The highest BCUT2D eigenvalue weighted by molar-refractivity contribution is 6.15. The molecule has 0 radical (unpaired) electrons. The van der Waals surface area contributed by atoms with E-state index >= 15 is 0 Å². The van der Waals surface area contributed by atoms with Gasteiger partial charge in [-0.25, -0.2) is 14.6 Å². The molecule has 0 atom stereocenters. The number of nitrogens with two attached hydrogens (primary N) is 2. The largest absolute Gasteiger partial charge is 0.351 e. The molecule has 6 heteroatoms. The Labute approximate surface area is 96.8 Å². The number of urea groups is 2. The number of carbonyl (C=O) groups excluding carboxylic acids is 2. The first kappa shape index (κ1) is 10.9. The van der Waals surface area contributed by atoms with Gasteiger partial charge in [-0.2, -0.15) is 4.90 Å². The van der Waals surface area contributed by atoms with Crippen molar-refractivity contribution in [1.29, 1.82) is 0 Å². The second-order valence-electron chi connectivity index (χ2n) is 3.37. The van der Waals surface area contributed by atoms with Crippen LogP contribution in [0.2, 0.25) is 0 Å². The highest BCUT2D eigenvalue weighted by Gasteiger charge is 2.21. The maximum Gasteiger partial charge on any atom is 0.328 e. The van der Waals surface area contributed by atoms with Crippen LogP contribution in [0.25, 0.3) is 10.8 Å². The van der Waals surface area contributed by atoms with Crippen LogP contribution in [0.15, 0.2) is 36.5 Å². The molecule has 0 saturated heterocycles. The molecule has 1 aromatic heterocycles. The highest BCUT2D eigenvalue weighted by atomic mass is 16.2. The van der Waals surface area contributed by atoms with Crippen LogP contribution in [0.5, 0.6) is 0 Å². The number of carbonyl (C=O) groups is 2. The summed E-state index contributed by atoms with van der Waals surface area (Å²) in [5, 5.41) is 1.47. The summed E-state index contributed by atoms with van der Waals surface area (Å²) in [6.45, 7) is 0. The molecule has 0 unspecified atom stereocenters. The second kappa shape index (κ2) is 4.09. The fourth-order valence-corrected chi connectivity index (χ4v) is 1.60. The molecule has 0 bridgehead atoms. The van der Waals surface area contributed by atoms with E-state index in [1.54, 1.807) is 18.2 Å². The molecule has 2 aromatic rings. The molecule has 0 aliphatic carbocycles. The number of benzene rings is 1. The van der Waals surface area contributed by atoms with Gasteiger partial charge < -0.3 is 11.5 Å². The van der Waals surface area contributed by atoms with Crippen molar-refractivity contribution < 1.29 is 9.59 Å². The van der Waals surface area contributed by atoms with Gasteiger partial charge in [-0.3, -0.25) is 0 Å². The molecule has 86 valence electrons. The summed E-state index contributed by atoms with van der Waals surface area (Å²) in [7, 11) is 0. The van der Waals surface area contributed by atoms with Gasteiger partial charge in [-0.1, -0.05) is 24.3 Å². The molecular formula is C11H10N4O2. The van der Waals surface area contributed by atoms with Gasteiger partial charge in [0.25, 0.3) is 0 Å². The van der Waals surface area contributed by atoms with Gasteiger partial charge in [-0.05, 0) is 11.5 Å². The number of pyridine rings is 1. The van der Waals surface area contributed by atoms with Gasteiger partial charge in [0.1, 0.15) is 0 Å². The maximum atomic E-state index is 11.2. The van der Waals surface area contributed by atoms with Crippen molar-refractivity contribution in [2.45, 2.75) is 0 Å². The summed E-state index contributed by atoms with van der Waals surface area (Å²) in [5.74, 6) is 0.142. The molecule has 2 rings (SSSR count). The first-order chi connectivity index (χ1) is 8.11. The third-order valence-electron chi connectivity index (χ3n) is 2.31. The lowest BCUT2D eigenvalue weighted by atomic mass is 10.1. The van der Waals surface area contributed by atoms with Crippen LogP contribution in [0.3, 0.4) is 0 Å². The van der Waals surface area contributed by atoms with Gasteiger partial charge in [0.05, 0.1) is 0 Å². The Kier molecular flexibility index (Phi) is 2.61. The van der Waals surface area contributed by atoms with E-state index in [1.165, 1.54) is 6.20 Å². The number of nitrogens with zero attached hydrogens (tertiary/aromatic N) is 2. The zero-order valence-corrected chi connectivity index (χ0v) is 8.83. The molecule has 0 saturated carbocycles. The molecule has 4 N–H and O–H groups in total. The third kappa shape index (κ3) is 1.87. The first-order valence-electron chi connectivity index (χ1n) is 4.84. The molecule has 4 amide bonds. The third-order valence-corrected chi connectivity index (χ3v) is 2.31. The zero-order valence-electron chi connectivity index (χ0n) is 8.83. The van der Waals surface area contributed by atoms with E-state index in [0.29, 0.717) is 10.3 Å². The highest BCUT2D eigenvalue weighted by Crippen LogP contribution is 2.23. The maximum absolute atomic E-state index is 11.2. The Morgan fingerprint density at radius 1 is 1.06 bits per heavy atom. The predicted octanol–water partition coefficient (Wildman–Crippen LogP) is 1.20. The quantitative estimate of drug-likeness (QED) is 0.769. The Bertz CT molecular complexity index is 578. The minimum absolute atomic E-state index is 0.142. The van der Waals surface area contributed by atoms with Crippen molar-refractivity contribution in [3.05, 3.63) is 36.5 Å². The lowest BCUT2D eigenvalue weighted by molar-refractivity contribution is 0.243. The smallest absolute Gasteiger partial charge is 0.328 e. The summed E-state index contributed by atoms with van der Waals surface area (Å²) >= 11 is 0. The van der Waals surface area contributed by atoms with Gasteiger partial charge >= 0.3 is 12.1 Å². The van der Waals surface area contributed by atoms with Gasteiger partial charge in [-0.15, -0.1) is 0 Å². The average Bonchev–Trinajstić information content (AvgIpc) is 2.28. The topological polar surface area (TPSA) is 102 Å². The van der Waals surface area contributed by atoms with Gasteiger partial charge in [0.2, 0.25) is 0 Å². The number of hydrogen-bond acceptors (Lipinski definition) is 3. The van der Waals surface area contributed by atoms with Crippen molar-refractivity contribution in [2.24, 2.45) is 11.5 Å². The first-order valence-corrected chi connectivity index (χ1v) is 4.84. The van der Waals surface area contributed by atoms with E-state index in [0.717, 1.165) is 5.39 Å². The van der Waals surface area contributed by atoms with E-state index in [4.69, 9.17) is 11.5 Å². The molecule has 17 heavy (non-hydrogen) atoms. The predicted molar refractivity (Wildman–Crippen MR) is 63.4 cm³/mol. The fourth-order valence-electron chi connectivity index (χ4n) is 1.60. The second-order valence-corrected chi connectivity index (χ2v) is 3.37. The van der Waals surface area contributed by atoms with Crippen LogP contribution in [-0.4, -0.2) is 17.0 Å². The molecule has 0 aliphatic rings. The minimum atomic E-state index is -0.957. The number of hydrogen-bond donors (Lipinski definition) is 2. The Morgan fingerprint density at radius 2 is 1.71 bits per heavy atom. The van der Waals surface area contributed by atoms with Gasteiger partial charge in [0.15, 0.2) is 5.82 Å². The van der Waals surface area contributed by atoms with Crippen LogP contribution in [0.1, 0.15) is 0 Å². The van der Waals surface area contributed by atoms with Crippen LogP contribution >= 0.6 is 0 Å². The minimum Gasteiger partial charge on any atom is -0.351 e. The normalized spacial score (nSPS) is 10.1.